The molecule has 5 heteroatoms. The third-order valence-corrected chi connectivity index (χ3v) is 3.45. The van der Waals surface area contributed by atoms with Crippen molar-refractivity contribution < 1.29 is 9.53 Å². The number of hydrogen-bond acceptors (Lipinski definition) is 3. The fourth-order valence-corrected chi connectivity index (χ4v) is 2.09. The maximum Gasteiger partial charge on any atom is 0.260 e. The van der Waals surface area contributed by atoms with Crippen LogP contribution >= 0.6 is 11.6 Å². The zero-order chi connectivity index (χ0) is 13.1. The molecule has 1 heterocycles. The van der Waals surface area contributed by atoms with Gasteiger partial charge in [-0.15, -0.1) is 0 Å². The highest BCUT2D eigenvalue weighted by Crippen LogP contribution is 2.17. The van der Waals surface area contributed by atoms with E-state index in [4.69, 9.17) is 22.1 Å². The first-order valence-electron chi connectivity index (χ1n) is 5.98. The van der Waals surface area contributed by atoms with Crippen molar-refractivity contribution >= 4 is 17.5 Å². The lowest BCUT2D eigenvalue weighted by molar-refractivity contribution is -0.132. The Hall–Kier alpha value is -1.26. The van der Waals surface area contributed by atoms with Crippen molar-refractivity contribution in [3.05, 3.63) is 29.3 Å². The molecule has 98 valence electrons. The number of nitrogens with zero attached hydrogens (tertiary/aromatic N) is 1. The normalized spacial score (nSPS) is 23.2. The highest BCUT2D eigenvalue weighted by Gasteiger charge is 2.29. The molecular formula is C13H17ClN2O2. The van der Waals surface area contributed by atoms with E-state index in [1.54, 1.807) is 29.2 Å². The van der Waals surface area contributed by atoms with Crippen molar-refractivity contribution in [3.8, 4) is 5.75 Å². The molecule has 1 fully saturated rings. The SMILES string of the molecule is CC1CN(C(=O)COc2ccc(Cl)cc2)CC1N. The highest BCUT2D eigenvalue weighted by molar-refractivity contribution is 6.30. The molecule has 4 nitrogen and oxygen atoms in total. The Bertz CT molecular complexity index is 412. The molecule has 1 aliphatic heterocycles. The molecule has 2 unspecified atom stereocenters. The van der Waals surface area contributed by atoms with E-state index in [0.29, 0.717) is 29.8 Å². The largest absolute Gasteiger partial charge is 0.484 e. The van der Waals surface area contributed by atoms with Crippen LogP contribution in [0.5, 0.6) is 5.75 Å². The number of amides is 1. The Morgan fingerprint density at radius 3 is 2.67 bits per heavy atom. The fraction of sp³-hybridized carbons (Fsp3) is 0.462. The van der Waals surface area contributed by atoms with E-state index in [2.05, 4.69) is 6.92 Å². The smallest absolute Gasteiger partial charge is 0.260 e. The summed E-state index contributed by atoms with van der Waals surface area (Å²) in [7, 11) is 0. The molecule has 1 aromatic rings. The molecule has 0 aliphatic carbocycles. The van der Waals surface area contributed by atoms with E-state index >= 15 is 0 Å². The minimum Gasteiger partial charge on any atom is -0.484 e. The molecule has 0 saturated carbocycles. The summed E-state index contributed by atoms with van der Waals surface area (Å²) in [5.74, 6) is 0.971. The van der Waals surface area contributed by atoms with Gasteiger partial charge in [-0.2, -0.15) is 0 Å². The molecule has 18 heavy (non-hydrogen) atoms. The first kappa shape index (κ1) is 13.2. The van der Waals surface area contributed by atoms with Crippen LogP contribution in [0.15, 0.2) is 24.3 Å². The molecule has 1 saturated heterocycles. The van der Waals surface area contributed by atoms with Crippen LogP contribution in [0.2, 0.25) is 5.02 Å². The summed E-state index contributed by atoms with van der Waals surface area (Å²) in [5.41, 5.74) is 5.88. The number of halogens is 1. The highest BCUT2D eigenvalue weighted by atomic mass is 35.5. The molecule has 2 atom stereocenters. The van der Waals surface area contributed by atoms with Crippen molar-refractivity contribution in [1.82, 2.24) is 4.90 Å². The van der Waals surface area contributed by atoms with Gasteiger partial charge in [0.05, 0.1) is 0 Å². The predicted octanol–water partition coefficient (Wildman–Crippen LogP) is 1.52. The summed E-state index contributed by atoms with van der Waals surface area (Å²) in [6, 6.07) is 7.02. The number of likely N-dealkylation sites (tertiary alicyclic amines) is 1. The van der Waals surface area contributed by atoms with Gasteiger partial charge >= 0.3 is 0 Å². The van der Waals surface area contributed by atoms with Gasteiger partial charge in [0.15, 0.2) is 6.61 Å². The molecule has 0 spiro atoms. The molecular weight excluding hydrogens is 252 g/mol. The topological polar surface area (TPSA) is 55.6 Å². The van der Waals surface area contributed by atoms with Crippen molar-refractivity contribution in [1.29, 1.82) is 0 Å². The van der Waals surface area contributed by atoms with Crippen LogP contribution in [-0.2, 0) is 4.79 Å². The van der Waals surface area contributed by atoms with Crippen LogP contribution in [0.1, 0.15) is 6.92 Å². The number of rotatable bonds is 3. The zero-order valence-electron chi connectivity index (χ0n) is 10.3. The standard InChI is InChI=1S/C13H17ClN2O2/c1-9-6-16(7-12(9)15)13(17)8-18-11-4-2-10(14)3-5-11/h2-5,9,12H,6-8,15H2,1H3. The first-order chi connectivity index (χ1) is 8.56. The average Bonchev–Trinajstić information content (AvgIpc) is 2.69. The van der Waals surface area contributed by atoms with Crippen molar-refractivity contribution in [2.24, 2.45) is 11.7 Å². The molecule has 1 amide bonds. The Kier molecular flexibility index (Phi) is 4.09. The number of hydrogen-bond donors (Lipinski definition) is 1. The maximum absolute atomic E-state index is 11.9. The fourth-order valence-electron chi connectivity index (χ4n) is 1.96. The summed E-state index contributed by atoms with van der Waals surface area (Å²) in [4.78, 5) is 13.7. The second-order valence-electron chi connectivity index (χ2n) is 4.68. The van der Waals surface area contributed by atoms with Gasteiger partial charge in [-0.25, -0.2) is 0 Å². The van der Waals surface area contributed by atoms with E-state index < -0.39 is 0 Å². The lowest BCUT2D eigenvalue weighted by Gasteiger charge is -2.16. The van der Waals surface area contributed by atoms with Gasteiger partial charge < -0.3 is 15.4 Å². The van der Waals surface area contributed by atoms with Crippen LogP contribution < -0.4 is 10.5 Å². The van der Waals surface area contributed by atoms with Gasteiger partial charge in [-0.05, 0) is 30.2 Å². The number of nitrogens with two attached hydrogens (primary N) is 1. The van der Waals surface area contributed by atoms with E-state index in [1.165, 1.54) is 0 Å². The summed E-state index contributed by atoms with van der Waals surface area (Å²) >= 11 is 5.77. The Labute approximate surface area is 112 Å². The third kappa shape index (κ3) is 3.15. The van der Waals surface area contributed by atoms with E-state index in [1.807, 2.05) is 0 Å². The number of ether oxygens (including phenoxy) is 1. The van der Waals surface area contributed by atoms with Gasteiger partial charge in [0.25, 0.3) is 5.91 Å². The van der Waals surface area contributed by atoms with Crippen LogP contribution in [0.4, 0.5) is 0 Å². The van der Waals surface area contributed by atoms with Crippen LogP contribution in [0.3, 0.4) is 0 Å². The van der Waals surface area contributed by atoms with Crippen LogP contribution in [0, 0.1) is 5.92 Å². The van der Waals surface area contributed by atoms with Gasteiger partial charge in [-0.1, -0.05) is 18.5 Å². The molecule has 2 N–H and O–H groups in total. The lowest BCUT2D eigenvalue weighted by atomic mass is 10.1. The van der Waals surface area contributed by atoms with Crippen molar-refractivity contribution in [2.75, 3.05) is 19.7 Å². The third-order valence-electron chi connectivity index (χ3n) is 3.20. The first-order valence-corrected chi connectivity index (χ1v) is 6.36. The van der Waals surface area contributed by atoms with Gasteiger partial charge in [0.2, 0.25) is 0 Å². The van der Waals surface area contributed by atoms with E-state index in [0.717, 1.165) is 0 Å². The summed E-state index contributed by atoms with van der Waals surface area (Å²) in [5, 5.41) is 0.646. The summed E-state index contributed by atoms with van der Waals surface area (Å²) in [6.07, 6.45) is 0. The van der Waals surface area contributed by atoms with Gasteiger partial charge in [0, 0.05) is 24.2 Å². The van der Waals surface area contributed by atoms with Crippen molar-refractivity contribution in [2.45, 2.75) is 13.0 Å². The number of carbonyl (C=O) groups is 1. The molecule has 0 aromatic heterocycles. The second-order valence-corrected chi connectivity index (χ2v) is 5.12. The summed E-state index contributed by atoms with van der Waals surface area (Å²) in [6.45, 7) is 3.42. The molecule has 1 aromatic carbocycles. The van der Waals surface area contributed by atoms with Crippen LogP contribution in [-0.4, -0.2) is 36.5 Å². The van der Waals surface area contributed by atoms with Crippen LogP contribution in [0.25, 0.3) is 0 Å². The quantitative estimate of drug-likeness (QED) is 0.904. The second kappa shape index (κ2) is 5.59. The van der Waals surface area contributed by atoms with Gasteiger partial charge in [-0.3, -0.25) is 4.79 Å². The maximum atomic E-state index is 11.9. The zero-order valence-corrected chi connectivity index (χ0v) is 11.1. The molecule has 0 radical (unpaired) electrons. The lowest BCUT2D eigenvalue weighted by Crippen LogP contribution is -2.35. The monoisotopic (exact) mass is 268 g/mol. The number of benzene rings is 1. The Morgan fingerprint density at radius 2 is 2.11 bits per heavy atom. The molecule has 1 aliphatic rings. The summed E-state index contributed by atoms with van der Waals surface area (Å²) < 4.78 is 5.42. The minimum absolute atomic E-state index is 0.0234. The van der Waals surface area contributed by atoms with E-state index in [9.17, 15) is 4.79 Å². The Morgan fingerprint density at radius 1 is 1.44 bits per heavy atom. The average molecular weight is 269 g/mol. The Balaban J connectivity index is 1.83. The van der Waals surface area contributed by atoms with E-state index in [-0.39, 0.29) is 18.6 Å². The number of carbonyl (C=O) groups excluding carboxylic acids is 1. The predicted molar refractivity (Wildman–Crippen MR) is 70.7 cm³/mol. The molecule has 2 rings (SSSR count). The minimum atomic E-state index is -0.0234. The van der Waals surface area contributed by atoms with Gasteiger partial charge in [0.1, 0.15) is 5.75 Å². The van der Waals surface area contributed by atoms with Crippen molar-refractivity contribution in [3.63, 3.8) is 0 Å². The molecule has 0 bridgehead atoms.